The van der Waals surface area contributed by atoms with Gasteiger partial charge in [-0.2, -0.15) is 0 Å². The third-order valence-electron chi connectivity index (χ3n) is 2.44. The molecule has 0 aromatic heterocycles. The molecule has 0 radical (unpaired) electrons. The number of aliphatic hydroxyl groups is 1. The molecule has 80 valence electrons. The van der Waals surface area contributed by atoms with Gasteiger partial charge in [-0.05, 0) is 24.1 Å². The number of carbonyl (C=O) groups is 2. The molecule has 1 atom stereocenters. The number of hydrogen-bond donors (Lipinski definition) is 1. The van der Waals surface area contributed by atoms with Crippen LogP contribution in [0.3, 0.4) is 0 Å². The number of rotatable bonds is 4. The van der Waals surface area contributed by atoms with Crippen LogP contribution in [0.15, 0.2) is 30.3 Å². The summed E-state index contributed by atoms with van der Waals surface area (Å²) >= 11 is 5.41. The van der Waals surface area contributed by atoms with Crippen LogP contribution < -0.4 is 0 Å². The maximum Gasteiger partial charge on any atom is 0.242 e. The Hall–Kier alpha value is -1.19. The summed E-state index contributed by atoms with van der Waals surface area (Å²) in [6.07, 6.45) is 0. The molecule has 0 fully saturated rings. The fraction of sp³-hybridized carbons (Fsp3) is 0.273. The maximum atomic E-state index is 11.5. The van der Waals surface area contributed by atoms with Crippen molar-refractivity contribution in [3.05, 3.63) is 35.9 Å². The Labute approximate surface area is 92.7 Å². The van der Waals surface area contributed by atoms with Crippen molar-refractivity contribution in [3.63, 3.8) is 0 Å². The molecule has 1 aromatic carbocycles. The van der Waals surface area contributed by atoms with E-state index in [9.17, 15) is 14.7 Å². The summed E-state index contributed by atoms with van der Waals surface area (Å²) < 4.78 is 0. The van der Waals surface area contributed by atoms with E-state index < -0.39 is 23.0 Å². The SMILES string of the molecule is CC(=O)C(CO)(C(=O)Cl)c1ccccc1. The normalized spacial score (nSPS) is 14.3. The van der Waals surface area contributed by atoms with Gasteiger partial charge in [0, 0.05) is 0 Å². The number of ketones is 1. The summed E-state index contributed by atoms with van der Waals surface area (Å²) in [5, 5.41) is 8.39. The van der Waals surface area contributed by atoms with Gasteiger partial charge in [0.05, 0.1) is 6.61 Å². The molecular formula is C11H11ClO3. The smallest absolute Gasteiger partial charge is 0.242 e. The molecule has 0 amide bonds. The van der Waals surface area contributed by atoms with Crippen LogP contribution in [-0.2, 0) is 15.0 Å². The lowest BCUT2D eigenvalue weighted by atomic mass is 9.79. The van der Waals surface area contributed by atoms with Gasteiger partial charge in [-0.3, -0.25) is 9.59 Å². The third kappa shape index (κ3) is 1.94. The number of aliphatic hydroxyl groups excluding tert-OH is 1. The average Bonchev–Trinajstić information content (AvgIpc) is 2.20. The fourth-order valence-corrected chi connectivity index (χ4v) is 1.74. The van der Waals surface area contributed by atoms with Crippen LogP contribution in [0.5, 0.6) is 0 Å². The van der Waals surface area contributed by atoms with Crippen LogP contribution in [-0.4, -0.2) is 22.7 Å². The van der Waals surface area contributed by atoms with Crippen LogP contribution in [0.25, 0.3) is 0 Å². The number of halogens is 1. The van der Waals surface area contributed by atoms with E-state index in [0.29, 0.717) is 5.56 Å². The largest absolute Gasteiger partial charge is 0.394 e. The molecule has 0 saturated heterocycles. The second-order valence-corrected chi connectivity index (χ2v) is 3.60. The highest BCUT2D eigenvalue weighted by molar-refractivity contribution is 6.67. The molecule has 4 heteroatoms. The van der Waals surface area contributed by atoms with Gasteiger partial charge in [0.1, 0.15) is 0 Å². The maximum absolute atomic E-state index is 11.5. The molecule has 0 heterocycles. The molecule has 0 aliphatic heterocycles. The van der Waals surface area contributed by atoms with E-state index in [1.807, 2.05) is 0 Å². The van der Waals surface area contributed by atoms with Gasteiger partial charge in [0.2, 0.25) is 5.24 Å². The van der Waals surface area contributed by atoms with E-state index in [2.05, 4.69) is 0 Å². The molecule has 1 aromatic rings. The molecule has 15 heavy (non-hydrogen) atoms. The van der Waals surface area contributed by atoms with E-state index in [-0.39, 0.29) is 0 Å². The second-order valence-electron chi connectivity index (χ2n) is 3.26. The standard InChI is InChI=1S/C11H11ClO3/c1-8(14)11(7-13,10(12)15)9-5-3-2-4-6-9/h2-6,13H,7H2,1H3. The molecule has 0 aliphatic carbocycles. The van der Waals surface area contributed by atoms with Gasteiger partial charge in [-0.15, -0.1) is 0 Å². The van der Waals surface area contributed by atoms with Crippen LogP contribution in [0.4, 0.5) is 0 Å². The number of carbonyl (C=O) groups excluding carboxylic acids is 2. The molecule has 1 N–H and O–H groups in total. The Morgan fingerprint density at radius 2 is 1.87 bits per heavy atom. The highest BCUT2D eigenvalue weighted by Crippen LogP contribution is 2.27. The molecule has 0 aliphatic rings. The van der Waals surface area contributed by atoms with E-state index in [1.165, 1.54) is 6.92 Å². The minimum Gasteiger partial charge on any atom is -0.394 e. The molecule has 0 saturated carbocycles. The molecule has 1 unspecified atom stereocenters. The van der Waals surface area contributed by atoms with Crippen LogP contribution in [0, 0.1) is 0 Å². The van der Waals surface area contributed by atoms with Crippen molar-refractivity contribution in [1.29, 1.82) is 0 Å². The number of benzene rings is 1. The Balaban J connectivity index is 3.35. The lowest BCUT2D eigenvalue weighted by Gasteiger charge is -2.25. The zero-order valence-electron chi connectivity index (χ0n) is 8.24. The van der Waals surface area contributed by atoms with Crippen molar-refractivity contribution in [1.82, 2.24) is 0 Å². The van der Waals surface area contributed by atoms with E-state index in [1.54, 1.807) is 30.3 Å². The van der Waals surface area contributed by atoms with Crippen LogP contribution >= 0.6 is 11.6 Å². The zero-order chi connectivity index (χ0) is 11.5. The van der Waals surface area contributed by atoms with Gasteiger partial charge in [-0.25, -0.2) is 0 Å². The van der Waals surface area contributed by atoms with Crippen molar-refractivity contribution < 1.29 is 14.7 Å². The van der Waals surface area contributed by atoms with Gasteiger partial charge >= 0.3 is 0 Å². The highest BCUT2D eigenvalue weighted by Gasteiger charge is 2.43. The van der Waals surface area contributed by atoms with Gasteiger partial charge in [0.15, 0.2) is 11.2 Å². The topological polar surface area (TPSA) is 54.4 Å². The van der Waals surface area contributed by atoms with Crippen LogP contribution in [0.1, 0.15) is 12.5 Å². The minimum absolute atomic E-state index is 0.417. The zero-order valence-corrected chi connectivity index (χ0v) is 8.99. The Morgan fingerprint density at radius 1 is 1.33 bits per heavy atom. The first kappa shape index (κ1) is 11.9. The summed E-state index contributed by atoms with van der Waals surface area (Å²) in [7, 11) is 0. The van der Waals surface area contributed by atoms with E-state index in [4.69, 9.17) is 11.6 Å². The number of hydrogen-bond acceptors (Lipinski definition) is 3. The lowest BCUT2D eigenvalue weighted by Crippen LogP contribution is -2.43. The van der Waals surface area contributed by atoms with Crippen molar-refractivity contribution >= 4 is 22.6 Å². The second kappa shape index (κ2) is 4.55. The Bertz CT molecular complexity index is 359. The quantitative estimate of drug-likeness (QED) is 0.622. The molecular weight excluding hydrogens is 216 g/mol. The van der Waals surface area contributed by atoms with Gasteiger partial charge < -0.3 is 5.11 Å². The molecule has 3 nitrogen and oxygen atoms in total. The summed E-state index contributed by atoms with van der Waals surface area (Å²) in [6, 6.07) is 8.31. The first-order valence-electron chi connectivity index (χ1n) is 4.43. The summed E-state index contributed by atoms with van der Waals surface area (Å²) in [5.41, 5.74) is -1.21. The van der Waals surface area contributed by atoms with Crippen LogP contribution in [0.2, 0.25) is 0 Å². The van der Waals surface area contributed by atoms with Gasteiger partial charge in [0.25, 0.3) is 0 Å². The minimum atomic E-state index is -1.62. The summed E-state index contributed by atoms with van der Waals surface area (Å²) in [5.74, 6) is -0.462. The Kier molecular flexibility index (Phi) is 3.61. The van der Waals surface area contributed by atoms with E-state index >= 15 is 0 Å². The predicted molar refractivity (Wildman–Crippen MR) is 56.7 cm³/mol. The monoisotopic (exact) mass is 226 g/mol. The first-order valence-corrected chi connectivity index (χ1v) is 4.81. The molecule has 0 spiro atoms. The summed E-state index contributed by atoms with van der Waals surface area (Å²) in [4.78, 5) is 22.8. The molecule has 0 bridgehead atoms. The van der Waals surface area contributed by atoms with Crippen molar-refractivity contribution in [2.24, 2.45) is 0 Å². The predicted octanol–water partition coefficient (Wildman–Crippen LogP) is 1.27. The lowest BCUT2D eigenvalue weighted by molar-refractivity contribution is -0.131. The van der Waals surface area contributed by atoms with Crippen molar-refractivity contribution in [2.45, 2.75) is 12.3 Å². The van der Waals surface area contributed by atoms with E-state index in [0.717, 1.165) is 0 Å². The van der Waals surface area contributed by atoms with Gasteiger partial charge in [-0.1, -0.05) is 30.3 Å². The molecule has 1 rings (SSSR count). The Morgan fingerprint density at radius 3 is 2.20 bits per heavy atom. The fourth-order valence-electron chi connectivity index (χ4n) is 1.44. The van der Waals surface area contributed by atoms with Crippen molar-refractivity contribution in [2.75, 3.05) is 6.61 Å². The third-order valence-corrected chi connectivity index (χ3v) is 2.76. The average molecular weight is 227 g/mol. The summed E-state index contributed by atoms with van der Waals surface area (Å²) in [6.45, 7) is 0.623. The van der Waals surface area contributed by atoms with Crippen molar-refractivity contribution in [3.8, 4) is 0 Å². The number of Topliss-reactive ketones (excluding diaryl/α,β-unsaturated/α-hetero) is 1. The first-order chi connectivity index (χ1) is 7.05. The highest BCUT2D eigenvalue weighted by atomic mass is 35.5.